The van der Waals surface area contributed by atoms with Crippen LogP contribution in [0.15, 0.2) is 24.3 Å². The van der Waals surface area contributed by atoms with Crippen molar-refractivity contribution >= 4 is 11.6 Å². The van der Waals surface area contributed by atoms with Gasteiger partial charge in [-0.1, -0.05) is 23.7 Å². The van der Waals surface area contributed by atoms with Gasteiger partial charge in [-0.3, -0.25) is 0 Å². The number of ether oxygens (including phenoxy) is 1. The molecule has 0 atom stereocenters. The van der Waals surface area contributed by atoms with Gasteiger partial charge in [0.15, 0.2) is 0 Å². The quantitative estimate of drug-likeness (QED) is 0.868. The number of hydrogen-bond donors (Lipinski definition) is 1. The van der Waals surface area contributed by atoms with Crippen LogP contribution in [0.25, 0.3) is 0 Å². The van der Waals surface area contributed by atoms with Crippen LogP contribution in [0.3, 0.4) is 0 Å². The maximum atomic E-state index is 5.99. The topological polar surface area (TPSA) is 24.5 Å². The molecule has 1 aromatic carbocycles. The third kappa shape index (κ3) is 5.49. The van der Waals surface area contributed by atoms with E-state index >= 15 is 0 Å². The van der Waals surface area contributed by atoms with E-state index in [1.165, 1.54) is 5.56 Å². The first kappa shape index (κ1) is 14.8. The highest BCUT2D eigenvalue weighted by molar-refractivity contribution is 6.30. The predicted molar refractivity (Wildman–Crippen MR) is 79.6 cm³/mol. The van der Waals surface area contributed by atoms with E-state index in [1.54, 1.807) is 0 Å². The minimum absolute atomic E-state index is 0.633. The summed E-state index contributed by atoms with van der Waals surface area (Å²) in [4.78, 5) is 2.32. The second-order valence-electron chi connectivity index (χ2n) is 5.21. The van der Waals surface area contributed by atoms with Crippen LogP contribution in [0.5, 0.6) is 0 Å². The molecule has 0 aromatic heterocycles. The van der Waals surface area contributed by atoms with Crippen molar-refractivity contribution in [1.29, 1.82) is 0 Å². The molecule has 3 nitrogen and oxygen atoms in total. The molecular weight excluding hydrogens is 260 g/mol. The Balaban J connectivity index is 1.65. The van der Waals surface area contributed by atoms with Gasteiger partial charge in [-0.2, -0.15) is 0 Å². The first-order valence-electron chi connectivity index (χ1n) is 6.98. The van der Waals surface area contributed by atoms with E-state index in [2.05, 4.69) is 23.3 Å². The Kier molecular flexibility index (Phi) is 6.11. The summed E-state index contributed by atoms with van der Waals surface area (Å²) in [5, 5.41) is 4.41. The third-order valence-corrected chi connectivity index (χ3v) is 3.72. The van der Waals surface area contributed by atoms with Crippen LogP contribution in [-0.4, -0.2) is 44.3 Å². The molecule has 1 aromatic rings. The van der Waals surface area contributed by atoms with Crippen molar-refractivity contribution in [3.05, 3.63) is 34.9 Å². The molecule has 0 bridgehead atoms. The van der Waals surface area contributed by atoms with Gasteiger partial charge in [0.1, 0.15) is 0 Å². The minimum Gasteiger partial charge on any atom is -0.381 e. The number of hydrogen-bond acceptors (Lipinski definition) is 3. The van der Waals surface area contributed by atoms with Gasteiger partial charge in [0.25, 0.3) is 0 Å². The van der Waals surface area contributed by atoms with Crippen LogP contribution in [-0.2, 0) is 11.3 Å². The standard InChI is InChI=1S/C15H23ClN2O/c1-18(12-13-3-2-4-14(16)11-13)8-7-17-15-5-9-19-10-6-15/h2-4,11,15,17H,5-10,12H2,1H3. The lowest BCUT2D eigenvalue weighted by Crippen LogP contribution is -2.39. The molecule has 1 fully saturated rings. The lowest BCUT2D eigenvalue weighted by Gasteiger charge is -2.24. The molecule has 0 spiro atoms. The van der Waals surface area contributed by atoms with E-state index in [-0.39, 0.29) is 0 Å². The predicted octanol–water partition coefficient (Wildman–Crippen LogP) is 2.54. The second kappa shape index (κ2) is 7.85. The molecule has 0 amide bonds. The molecule has 2 rings (SSSR count). The fraction of sp³-hybridized carbons (Fsp3) is 0.600. The highest BCUT2D eigenvalue weighted by atomic mass is 35.5. The lowest BCUT2D eigenvalue weighted by atomic mass is 10.1. The second-order valence-corrected chi connectivity index (χ2v) is 5.64. The molecule has 106 valence electrons. The Bertz CT molecular complexity index is 380. The number of halogens is 1. The van der Waals surface area contributed by atoms with Crippen LogP contribution >= 0.6 is 11.6 Å². The number of benzene rings is 1. The Morgan fingerprint density at radius 2 is 2.16 bits per heavy atom. The van der Waals surface area contributed by atoms with E-state index < -0.39 is 0 Å². The lowest BCUT2D eigenvalue weighted by molar-refractivity contribution is 0.0774. The first-order chi connectivity index (χ1) is 9.24. The van der Waals surface area contributed by atoms with Crippen LogP contribution in [0.4, 0.5) is 0 Å². The van der Waals surface area contributed by atoms with Gasteiger partial charge in [-0.25, -0.2) is 0 Å². The molecule has 1 aliphatic heterocycles. The van der Waals surface area contributed by atoms with Gasteiger partial charge in [0, 0.05) is 43.9 Å². The third-order valence-electron chi connectivity index (χ3n) is 3.49. The SMILES string of the molecule is CN(CCNC1CCOCC1)Cc1cccc(Cl)c1. The van der Waals surface area contributed by atoms with E-state index in [0.717, 1.165) is 50.7 Å². The van der Waals surface area contributed by atoms with Gasteiger partial charge in [0.2, 0.25) is 0 Å². The van der Waals surface area contributed by atoms with Crippen molar-refractivity contribution < 1.29 is 4.74 Å². The van der Waals surface area contributed by atoms with E-state index in [1.807, 2.05) is 18.2 Å². The van der Waals surface area contributed by atoms with Crippen LogP contribution < -0.4 is 5.32 Å². The van der Waals surface area contributed by atoms with Gasteiger partial charge in [-0.05, 0) is 37.6 Å². The Morgan fingerprint density at radius 3 is 2.89 bits per heavy atom. The zero-order valence-electron chi connectivity index (χ0n) is 11.6. The van der Waals surface area contributed by atoms with E-state index in [4.69, 9.17) is 16.3 Å². The van der Waals surface area contributed by atoms with E-state index in [0.29, 0.717) is 6.04 Å². The molecule has 1 N–H and O–H groups in total. The largest absolute Gasteiger partial charge is 0.381 e. The highest BCUT2D eigenvalue weighted by Crippen LogP contribution is 2.12. The highest BCUT2D eigenvalue weighted by Gasteiger charge is 2.12. The summed E-state index contributed by atoms with van der Waals surface area (Å²) in [5.74, 6) is 0. The summed E-state index contributed by atoms with van der Waals surface area (Å²) >= 11 is 5.99. The summed E-state index contributed by atoms with van der Waals surface area (Å²) in [5.41, 5.74) is 1.26. The monoisotopic (exact) mass is 282 g/mol. The van der Waals surface area contributed by atoms with Crippen molar-refractivity contribution in [2.45, 2.75) is 25.4 Å². The summed E-state index contributed by atoms with van der Waals surface area (Å²) in [7, 11) is 2.15. The molecule has 0 unspecified atom stereocenters. The molecule has 1 aliphatic rings. The van der Waals surface area contributed by atoms with E-state index in [9.17, 15) is 0 Å². The average Bonchev–Trinajstić information content (AvgIpc) is 2.40. The van der Waals surface area contributed by atoms with Crippen LogP contribution in [0, 0.1) is 0 Å². The molecule has 1 saturated heterocycles. The molecule has 0 aliphatic carbocycles. The van der Waals surface area contributed by atoms with Crippen LogP contribution in [0.2, 0.25) is 5.02 Å². The summed E-state index contributed by atoms with van der Waals surface area (Å²) in [6, 6.07) is 8.70. The number of likely N-dealkylation sites (N-methyl/N-ethyl adjacent to an activating group) is 1. The fourth-order valence-corrected chi connectivity index (χ4v) is 2.60. The Labute approximate surface area is 120 Å². The molecule has 19 heavy (non-hydrogen) atoms. The number of nitrogens with zero attached hydrogens (tertiary/aromatic N) is 1. The van der Waals surface area contributed by atoms with Gasteiger partial charge in [-0.15, -0.1) is 0 Å². The smallest absolute Gasteiger partial charge is 0.0480 e. The van der Waals surface area contributed by atoms with Crippen molar-refractivity contribution in [2.75, 3.05) is 33.4 Å². The van der Waals surface area contributed by atoms with Crippen molar-refractivity contribution in [1.82, 2.24) is 10.2 Å². The maximum absolute atomic E-state index is 5.99. The number of nitrogens with one attached hydrogen (secondary N) is 1. The zero-order chi connectivity index (χ0) is 13.5. The number of rotatable bonds is 6. The van der Waals surface area contributed by atoms with Crippen molar-refractivity contribution in [3.8, 4) is 0 Å². The molecule has 4 heteroatoms. The summed E-state index contributed by atoms with van der Waals surface area (Å²) in [6.07, 6.45) is 2.27. The Morgan fingerprint density at radius 1 is 1.37 bits per heavy atom. The molecular formula is C15H23ClN2O. The fourth-order valence-electron chi connectivity index (χ4n) is 2.39. The van der Waals surface area contributed by atoms with Crippen LogP contribution in [0.1, 0.15) is 18.4 Å². The first-order valence-corrected chi connectivity index (χ1v) is 7.36. The normalized spacial score (nSPS) is 17.0. The molecule has 0 radical (unpaired) electrons. The zero-order valence-corrected chi connectivity index (χ0v) is 12.3. The average molecular weight is 283 g/mol. The Hall–Kier alpha value is -0.610. The summed E-state index contributed by atoms with van der Waals surface area (Å²) < 4.78 is 5.35. The van der Waals surface area contributed by atoms with Gasteiger partial charge in [0.05, 0.1) is 0 Å². The van der Waals surface area contributed by atoms with Crippen molar-refractivity contribution in [2.24, 2.45) is 0 Å². The van der Waals surface area contributed by atoms with Gasteiger partial charge >= 0.3 is 0 Å². The van der Waals surface area contributed by atoms with Gasteiger partial charge < -0.3 is 15.0 Å². The van der Waals surface area contributed by atoms with Crippen molar-refractivity contribution in [3.63, 3.8) is 0 Å². The molecule has 1 heterocycles. The molecule has 0 saturated carbocycles. The minimum atomic E-state index is 0.633. The maximum Gasteiger partial charge on any atom is 0.0480 e. The summed E-state index contributed by atoms with van der Waals surface area (Å²) in [6.45, 7) is 4.81.